The van der Waals surface area contributed by atoms with Crippen LogP contribution in [0.15, 0.2) is 71.3 Å². The van der Waals surface area contributed by atoms with Gasteiger partial charge in [-0.3, -0.25) is 20.1 Å². The summed E-state index contributed by atoms with van der Waals surface area (Å²) in [6, 6.07) is 17.8. The number of ether oxygens (including phenoxy) is 1. The molecule has 1 aromatic heterocycles. The number of hydrogen-bond acceptors (Lipinski definition) is 5. The standard InChI is InChI=1S/C24H23BrN2O3/c1-15(2)24(22-13-21(27-30-22)20-11-10-18(25)14-26-20)29-23(28)12-17-8-5-7-16-6-3-4-9-19(16)17/h3-11,13-15,22,24,27H,12H2,1-2H3. The molecule has 0 amide bonds. The molecule has 30 heavy (non-hydrogen) atoms. The highest BCUT2D eigenvalue weighted by Gasteiger charge is 2.32. The van der Waals surface area contributed by atoms with E-state index in [-0.39, 0.29) is 24.4 Å². The molecule has 2 heterocycles. The Hall–Kier alpha value is -2.70. The number of esters is 1. The van der Waals surface area contributed by atoms with Crippen molar-refractivity contribution in [1.29, 1.82) is 0 Å². The molecule has 1 aliphatic rings. The number of hydrogen-bond donors (Lipinski definition) is 1. The van der Waals surface area contributed by atoms with Crippen LogP contribution in [0.4, 0.5) is 0 Å². The predicted octanol–water partition coefficient (Wildman–Crippen LogP) is 5.05. The number of rotatable bonds is 6. The molecule has 2 aromatic carbocycles. The lowest BCUT2D eigenvalue weighted by molar-refractivity contribution is -0.159. The number of halogens is 1. The molecule has 5 nitrogen and oxygen atoms in total. The largest absolute Gasteiger partial charge is 0.459 e. The second-order valence-electron chi connectivity index (χ2n) is 7.64. The minimum Gasteiger partial charge on any atom is -0.459 e. The van der Waals surface area contributed by atoms with Crippen molar-refractivity contribution in [2.45, 2.75) is 32.5 Å². The molecule has 6 heteroatoms. The highest BCUT2D eigenvalue weighted by Crippen LogP contribution is 2.25. The average molecular weight is 467 g/mol. The topological polar surface area (TPSA) is 60.5 Å². The van der Waals surface area contributed by atoms with Crippen molar-refractivity contribution < 1.29 is 14.4 Å². The van der Waals surface area contributed by atoms with Gasteiger partial charge in [0.25, 0.3) is 0 Å². The molecule has 4 rings (SSSR count). The van der Waals surface area contributed by atoms with E-state index >= 15 is 0 Å². The Labute approximate surface area is 184 Å². The van der Waals surface area contributed by atoms with Gasteiger partial charge in [-0.15, -0.1) is 0 Å². The van der Waals surface area contributed by atoms with E-state index in [2.05, 4.69) is 26.4 Å². The Bertz CT molecular complexity index is 1070. The van der Waals surface area contributed by atoms with Crippen molar-refractivity contribution in [1.82, 2.24) is 10.5 Å². The lowest BCUT2D eigenvalue weighted by atomic mass is 10.00. The molecule has 0 saturated carbocycles. The van der Waals surface area contributed by atoms with Crippen molar-refractivity contribution in [3.63, 3.8) is 0 Å². The first-order chi connectivity index (χ1) is 14.5. The number of carbonyl (C=O) groups is 1. The van der Waals surface area contributed by atoms with Crippen LogP contribution in [0.1, 0.15) is 25.1 Å². The van der Waals surface area contributed by atoms with Crippen LogP contribution in [-0.4, -0.2) is 23.2 Å². The molecule has 2 unspecified atom stereocenters. The number of pyridine rings is 1. The van der Waals surface area contributed by atoms with Gasteiger partial charge >= 0.3 is 5.97 Å². The second kappa shape index (κ2) is 8.98. The zero-order chi connectivity index (χ0) is 21.1. The fraction of sp³-hybridized carbons (Fsp3) is 0.250. The molecular weight excluding hydrogens is 444 g/mol. The predicted molar refractivity (Wildman–Crippen MR) is 120 cm³/mol. The number of fused-ring (bicyclic) bond motifs is 1. The Morgan fingerprint density at radius 2 is 1.97 bits per heavy atom. The highest BCUT2D eigenvalue weighted by molar-refractivity contribution is 9.10. The molecule has 0 aliphatic carbocycles. The summed E-state index contributed by atoms with van der Waals surface area (Å²) in [5.74, 6) is -0.181. The average Bonchev–Trinajstić information content (AvgIpc) is 3.22. The summed E-state index contributed by atoms with van der Waals surface area (Å²) in [6.07, 6.45) is 3.08. The zero-order valence-corrected chi connectivity index (χ0v) is 18.4. The van der Waals surface area contributed by atoms with Crippen LogP contribution in [0.3, 0.4) is 0 Å². The quantitative estimate of drug-likeness (QED) is 0.514. The van der Waals surface area contributed by atoms with E-state index in [1.54, 1.807) is 6.20 Å². The minimum absolute atomic E-state index is 0.0849. The Morgan fingerprint density at radius 3 is 2.73 bits per heavy atom. The van der Waals surface area contributed by atoms with E-state index in [0.717, 1.165) is 32.2 Å². The number of benzene rings is 2. The molecule has 0 saturated heterocycles. The molecule has 0 radical (unpaired) electrons. The number of nitrogens with zero attached hydrogens (tertiary/aromatic N) is 1. The van der Waals surface area contributed by atoms with Gasteiger partial charge in [0.15, 0.2) is 0 Å². The summed E-state index contributed by atoms with van der Waals surface area (Å²) in [5.41, 5.74) is 5.41. The van der Waals surface area contributed by atoms with Crippen molar-refractivity contribution in [2.75, 3.05) is 0 Å². The summed E-state index contributed by atoms with van der Waals surface area (Å²) < 4.78 is 6.78. The third-order valence-corrected chi connectivity index (χ3v) is 5.57. The maximum Gasteiger partial charge on any atom is 0.310 e. The molecule has 2 atom stereocenters. The van der Waals surface area contributed by atoms with E-state index in [0.29, 0.717) is 0 Å². The molecule has 1 aliphatic heterocycles. The lowest BCUT2D eigenvalue weighted by Crippen LogP contribution is -2.36. The SMILES string of the molecule is CC(C)C(OC(=O)Cc1cccc2ccccc12)C1C=C(c2ccc(Br)cn2)NO1. The maximum atomic E-state index is 12.8. The van der Waals surface area contributed by atoms with E-state index in [4.69, 9.17) is 9.57 Å². The van der Waals surface area contributed by atoms with Crippen LogP contribution in [0, 0.1) is 5.92 Å². The van der Waals surface area contributed by atoms with Gasteiger partial charge in [0.2, 0.25) is 0 Å². The van der Waals surface area contributed by atoms with Crippen LogP contribution in [0.5, 0.6) is 0 Å². The molecule has 0 spiro atoms. The molecule has 1 N–H and O–H groups in total. The monoisotopic (exact) mass is 466 g/mol. The van der Waals surface area contributed by atoms with Crippen LogP contribution >= 0.6 is 15.9 Å². The van der Waals surface area contributed by atoms with Crippen LogP contribution < -0.4 is 5.48 Å². The normalized spacial score (nSPS) is 16.9. The van der Waals surface area contributed by atoms with E-state index in [1.165, 1.54) is 0 Å². The van der Waals surface area contributed by atoms with Gasteiger partial charge in [0, 0.05) is 10.7 Å². The van der Waals surface area contributed by atoms with E-state index in [1.807, 2.05) is 74.5 Å². The summed E-state index contributed by atoms with van der Waals surface area (Å²) in [6.45, 7) is 4.03. The zero-order valence-electron chi connectivity index (χ0n) is 16.8. The molecule has 0 bridgehead atoms. The van der Waals surface area contributed by atoms with Crippen LogP contribution in [0.25, 0.3) is 16.5 Å². The van der Waals surface area contributed by atoms with Gasteiger partial charge in [-0.25, -0.2) is 0 Å². The first-order valence-corrected chi connectivity index (χ1v) is 10.7. The van der Waals surface area contributed by atoms with Gasteiger partial charge in [-0.1, -0.05) is 56.3 Å². The van der Waals surface area contributed by atoms with E-state index in [9.17, 15) is 4.79 Å². The van der Waals surface area contributed by atoms with Crippen molar-refractivity contribution in [3.05, 3.63) is 82.6 Å². The van der Waals surface area contributed by atoms with Gasteiger partial charge in [0.05, 0.1) is 17.8 Å². The number of hydroxylamine groups is 1. The van der Waals surface area contributed by atoms with Crippen molar-refractivity contribution in [3.8, 4) is 0 Å². The molecule has 154 valence electrons. The van der Waals surface area contributed by atoms with Gasteiger partial charge < -0.3 is 4.74 Å². The smallest absolute Gasteiger partial charge is 0.310 e. The van der Waals surface area contributed by atoms with Crippen molar-refractivity contribution in [2.24, 2.45) is 5.92 Å². The van der Waals surface area contributed by atoms with Gasteiger partial charge in [0.1, 0.15) is 12.2 Å². The fourth-order valence-electron chi connectivity index (χ4n) is 3.58. The highest BCUT2D eigenvalue weighted by atomic mass is 79.9. The van der Waals surface area contributed by atoms with Crippen LogP contribution in [0.2, 0.25) is 0 Å². The molecule has 0 fully saturated rings. The molecule has 3 aromatic rings. The molecular formula is C24H23BrN2O3. The fourth-order valence-corrected chi connectivity index (χ4v) is 3.81. The first kappa shape index (κ1) is 20.6. The summed E-state index contributed by atoms with van der Waals surface area (Å²) in [4.78, 5) is 22.9. The first-order valence-electron chi connectivity index (χ1n) is 9.93. The van der Waals surface area contributed by atoms with Gasteiger partial charge in [-0.2, -0.15) is 0 Å². The van der Waals surface area contributed by atoms with Gasteiger partial charge in [-0.05, 0) is 56.4 Å². The van der Waals surface area contributed by atoms with E-state index < -0.39 is 6.10 Å². The third kappa shape index (κ3) is 4.55. The third-order valence-electron chi connectivity index (χ3n) is 5.10. The van der Waals surface area contributed by atoms with Crippen LogP contribution in [-0.2, 0) is 20.8 Å². The minimum atomic E-state index is -0.409. The number of nitrogens with one attached hydrogen (secondary N) is 1. The number of aromatic nitrogens is 1. The Kier molecular flexibility index (Phi) is 6.16. The lowest BCUT2D eigenvalue weighted by Gasteiger charge is -2.25. The summed E-state index contributed by atoms with van der Waals surface area (Å²) >= 11 is 3.39. The Morgan fingerprint density at radius 1 is 1.17 bits per heavy atom. The second-order valence-corrected chi connectivity index (χ2v) is 8.56. The number of carbonyl (C=O) groups excluding carboxylic acids is 1. The summed E-state index contributed by atoms with van der Waals surface area (Å²) in [5, 5.41) is 2.18. The van der Waals surface area contributed by atoms with Crippen molar-refractivity contribution >= 4 is 38.4 Å². The summed E-state index contributed by atoms with van der Waals surface area (Å²) in [7, 11) is 0. The maximum absolute atomic E-state index is 12.8. The Balaban J connectivity index is 1.48.